The first-order valence-corrected chi connectivity index (χ1v) is 6.08. The van der Waals surface area contributed by atoms with Gasteiger partial charge in [0.25, 0.3) is 0 Å². The van der Waals surface area contributed by atoms with Crippen molar-refractivity contribution in [1.82, 2.24) is 0 Å². The molecule has 2 rings (SSSR count). The van der Waals surface area contributed by atoms with Crippen LogP contribution in [-0.2, 0) is 4.79 Å². The highest BCUT2D eigenvalue weighted by Crippen LogP contribution is 2.33. The minimum Gasteiger partial charge on any atom is -0.323 e. The molecule has 0 unspecified atom stereocenters. The van der Waals surface area contributed by atoms with Crippen molar-refractivity contribution in [2.45, 2.75) is 19.3 Å². The van der Waals surface area contributed by atoms with Crippen molar-refractivity contribution in [3.63, 3.8) is 0 Å². The van der Waals surface area contributed by atoms with Gasteiger partial charge in [-0.15, -0.1) is 0 Å². The molecule has 0 aromatic heterocycles. The van der Waals surface area contributed by atoms with E-state index in [-0.39, 0.29) is 11.6 Å². The number of halogens is 3. The summed E-state index contributed by atoms with van der Waals surface area (Å²) in [6.07, 6.45) is 2.56. The first kappa shape index (κ1) is 11.8. The first-order valence-electron chi connectivity index (χ1n) is 5.00. The van der Waals surface area contributed by atoms with Gasteiger partial charge in [-0.2, -0.15) is 0 Å². The van der Waals surface area contributed by atoms with Crippen LogP contribution in [0.5, 0.6) is 0 Å². The minimum atomic E-state index is -0.728. The van der Waals surface area contributed by atoms with Crippen LogP contribution < -0.4 is 5.32 Å². The molecular weight excluding hydrogens is 327 g/mol. The smallest absolute Gasteiger partial charge is 0.224 e. The molecule has 0 bridgehead atoms. The summed E-state index contributed by atoms with van der Waals surface area (Å²) in [4.78, 5) is 11.5. The quantitative estimate of drug-likeness (QED) is 0.843. The molecule has 16 heavy (non-hydrogen) atoms. The predicted molar refractivity (Wildman–Crippen MR) is 65.0 cm³/mol. The highest BCUT2D eigenvalue weighted by atomic mass is 127. The van der Waals surface area contributed by atoms with Crippen LogP contribution in [0.1, 0.15) is 19.3 Å². The Hall–Kier alpha value is -0.720. The fourth-order valence-electron chi connectivity index (χ4n) is 1.44. The van der Waals surface area contributed by atoms with Gasteiger partial charge in [-0.3, -0.25) is 4.79 Å². The lowest BCUT2D eigenvalue weighted by Crippen LogP contribution is -2.14. The summed E-state index contributed by atoms with van der Waals surface area (Å²) < 4.78 is 26.5. The summed E-state index contributed by atoms with van der Waals surface area (Å²) in [7, 11) is 0. The van der Waals surface area contributed by atoms with E-state index in [0.29, 0.717) is 15.9 Å². The first-order chi connectivity index (χ1) is 7.56. The minimum absolute atomic E-state index is 0.0765. The molecule has 86 valence electrons. The zero-order chi connectivity index (χ0) is 11.7. The van der Waals surface area contributed by atoms with Crippen LogP contribution in [0.4, 0.5) is 14.5 Å². The Balaban J connectivity index is 2.10. The molecule has 0 heterocycles. The summed E-state index contributed by atoms with van der Waals surface area (Å²) in [6.45, 7) is 0. The van der Waals surface area contributed by atoms with Crippen LogP contribution >= 0.6 is 22.6 Å². The van der Waals surface area contributed by atoms with Gasteiger partial charge in [0.05, 0.1) is 5.69 Å². The van der Waals surface area contributed by atoms with Crippen molar-refractivity contribution in [2.24, 2.45) is 5.92 Å². The van der Waals surface area contributed by atoms with Crippen LogP contribution in [0.3, 0.4) is 0 Å². The van der Waals surface area contributed by atoms with Crippen LogP contribution in [-0.4, -0.2) is 5.91 Å². The summed E-state index contributed by atoms with van der Waals surface area (Å²) in [6, 6.07) is 1.96. The molecule has 1 saturated carbocycles. The van der Waals surface area contributed by atoms with E-state index >= 15 is 0 Å². The molecule has 0 radical (unpaired) electrons. The number of benzene rings is 1. The maximum absolute atomic E-state index is 13.4. The normalized spacial score (nSPS) is 14.9. The molecular formula is C11H10F2INO. The molecule has 1 amide bonds. The van der Waals surface area contributed by atoms with Gasteiger partial charge >= 0.3 is 0 Å². The third kappa shape index (κ3) is 2.90. The summed E-state index contributed by atoms with van der Waals surface area (Å²) in [5, 5.41) is 2.49. The molecule has 0 atom stereocenters. The fraction of sp³-hybridized carbons (Fsp3) is 0.364. The zero-order valence-electron chi connectivity index (χ0n) is 8.40. The number of hydrogen-bond donors (Lipinski definition) is 1. The van der Waals surface area contributed by atoms with Gasteiger partial charge in [0.15, 0.2) is 5.82 Å². The Morgan fingerprint density at radius 2 is 2.12 bits per heavy atom. The monoisotopic (exact) mass is 337 g/mol. The second-order valence-corrected chi connectivity index (χ2v) is 5.10. The van der Waals surface area contributed by atoms with E-state index < -0.39 is 11.6 Å². The van der Waals surface area contributed by atoms with Crippen molar-refractivity contribution in [3.05, 3.63) is 27.3 Å². The van der Waals surface area contributed by atoms with Gasteiger partial charge in [0.1, 0.15) is 5.82 Å². The molecule has 1 aromatic rings. The van der Waals surface area contributed by atoms with Crippen molar-refractivity contribution in [3.8, 4) is 0 Å². The number of rotatable bonds is 3. The third-order valence-electron chi connectivity index (χ3n) is 2.44. The van der Waals surface area contributed by atoms with Crippen LogP contribution in [0.15, 0.2) is 12.1 Å². The van der Waals surface area contributed by atoms with Crippen molar-refractivity contribution >= 4 is 34.2 Å². The number of nitrogens with one attached hydrogen (secondary N) is 1. The topological polar surface area (TPSA) is 29.1 Å². The fourth-order valence-corrected chi connectivity index (χ4v) is 2.13. The van der Waals surface area contributed by atoms with E-state index in [1.165, 1.54) is 6.07 Å². The highest BCUT2D eigenvalue weighted by molar-refractivity contribution is 14.1. The van der Waals surface area contributed by atoms with E-state index in [0.717, 1.165) is 18.9 Å². The second kappa shape index (κ2) is 4.65. The number of amides is 1. The largest absolute Gasteiger partial charge is 0.323 e. The second-order valence-electron chi connectivity index (χ2n) is 3.94. The average molecular weight is 337 g/mol. The van der Waals surface area contributed by atoms with Gasteiger partial charge < -0.3 is 5.32 Å². The molecule has 1 N–H and O–H groups in total. The molecule has 2 nitrogen and oxygen atoms in total. The maximum atomic E-state index is 13.4. The van der Waals surface area contributed by atoms with Crippen LogP contribution in [0, 0.1) is 21.1 Å². The van der Waals surface area contributed by atoms with E-state index in [1.807, 2.05) is 0 Å². The summed E-state index contributed by atoms with van der Waals surface area (Å²) >= 11 is 1.80. The van der Waals surface area contributed by atoms with Crippen LogP contribution in [0.2, 0.25) is 0 Å². The zero-order valence-corrected chi connectivity index (χ0v) is 10.6. The Morgan fingerprint density at radius 1 is 1.44 bits per heavy atom. The number of hydrogen-bond acceptors (Lipinski definition) is 1. The standard InChI is InChI=1S/C11H10F2INO/c12-7-4-8(13)11(9(14)5-7)15-10(16)3-6-1-2-6/h4-6H,1-3H2,(H,15,16). The number of carbonyl (C=O) groups is 1. The Bertz CT molecular complexity index is 409. The Morgan fingerprint density at radius 3 is 2.69 bits per heavy atom. The van der Waals surface area contributed by atoms with Gasteiger partial charge in [-0.1, -0.05) is 0 Å². The molecule has 0 aliphatic heterocycles. The van der Waals surface area contributed by atoms with E-state index in [4.69, 9.17) is 0 Å². The SMILES string of the molecule is O=C(CC1CC1)Nc1c(F)cc(F)cc1I. The van der Waals surface area contributed by atoms with Crippen molar-refractivity contribution in [2.75, 3.05) is 5.32 Å². The molecule has 1 fully saturated rings. The van der Waals surface area contributed by atoms with E-state index in [9.17, 15) is 13.6 Å². The molecule has 0 saturated heterocycles. The Labute approximate surface area is 106 Å². The summed E-state index contributed by atoms with van der Waals surface area (Å²) in [5.41, 5.74) is 0.0765. The van der Waals surface area contributed by atoms with Crippen molar-refractivity contribution in [1.29, 1.82) is 0 Å². The number of anilines is 1. The maximum Gasteiger partial charge on any atom is 0.224 e. The Kier molecular flexibility index (Phi) is 3.41. The lowest BCUT2D eigenvalue weighted by atomic mass is 10.2. The highest BCUT2D eigenvalue weighted by Gasteiger charge is 2.25. The van der Waals surface area contributed by atoms with E-state index in [1.54, 1.807) is 22.6 Å². The molecule has 0 spiro atoms. The molecule has 1 aromatic carbocycles. The van der Waals surface area contributed by atoms with Crippen molar-refractivity contribution < 1.29 is 13.6 Å². The predicted octanol–water partition coefficient (Wildman–Crippen LogP) is 3.31. The average Bonchev–Trinajstić information content (AvgIpc) is 2.95. The summed E-state index contributed by atoms with van der Waals surface area (Å²) in [5.74, 6) is -1.12. The molecule has 1 aliphatic carbocycles. The lowest BCUT2D eigenvalue weighted by molar-refractivity contribution is -0.116. The third-order valence-corrected chi connectivity index (χ3v) is 3.29. The van der Waals surface area contributed by atoms with Gasteiger partial charge in [0, 0.05) is 16.1 Å². The van der Waals surface area contributed by atoms with Gasteiger partial charge in [-0.25, -0.2) is 8.78 Å². The lowest BCUT2D eigenvalue weighted by Gasteiger charge is -2.08. The van der Waals surface area contributed by atoms with Gasteiger partial charge in [0.2, 0.25) is 5.91 Å². The molecule has 1 aliphatic rings. The van der Waals surface area contributed by atoms with Gasteiger partial charge in [-0.05, 0) is 47.4 Å². The van der Waals surface area contributed by atoms with Crippen LogP contribution in [0.25, 0.3) is 0 Å². The molecule has 5 heteroatoms. The number of carbonyl (C=O) groups excluding carboxylic acids is 1. The van der Waals surface area contributed by atoms with E-state index in [2.05, 4.69) is 5.32 Å².